The number of nitrogens with one attached hydrogen (secondary N) is 2. The first-order valence-corrected chi connectivity index (χ1v) is 4.83. The van der Waals surface area contributed by atoms with Gasteiger partial charge in [0.05, 0.1) is 6.61 Å². The lowest BCUT2D eigenvalue weighted by Gasteiger charge is -2.26. The van der Waals surface area contributed by atoms with Crippen LogP contribution in [0.25, 0.3) is 0 Å². The zero-order chi connectivity index (χ0) is 12.3. The van der Waals surface area contributed by atoms with Crippen LogP contribution >= 0.6 is 0 Å². The van der Waals surface area contributed by atoms with Gasteiger partial charge in [-0.1, -0.05) is 0 Å². The SMILES string of the molecule is C[C@]1(O)C(O)[C@@H](CO)O[C@H]1N/C=C\C(=N)N. The van der Waals surface area contributed by atoms with Gasteiger partial charge in [0.2, 0.25) is 0 Å². The molecule has 0 aromatic rings. The number of hydrogen-bond donors (Lipinski definition) is 6. The summed E-state index contributed by atoms with van der Waals surface area (Å²) in [6.45, 7) is 1.01. The zero-order valence-corrected chi connectivity index (χ0v) is 8.92. The fraction of sp³-hybridized carbons (Fsp3) is 0.667. The van der Waals surface area contributed by atoms with Gasteiger partial charge in [-0.3, -0.25) is 5.41 Å². The minimum Gasteiger partial charge on any atom is -0.394 e. The molecule has 1 saturated heterocycles. The second-order valence-electron chi connectivity index (χ2n) is 3.86. The lowest BCUT2D eigenvalue weighted by atomic mass is 9.97. The van der Waals surface area contributed by atoms with E-state index in [0.29, 0.717) is 0 Å². The number of aliphatic hydroxyl groups excluding tert-OH is 2. The molecule has 1 rings (SSSR count). The summed E-state index contributed by atoms with van der Waals surface area (Å²) in [7, 11) is 0. The quantitative estimate of drug-likeness (QED) is 0.241. The Hall–Kier alpha value is -1.15. The lowest BCUT2D eigenvalue weighted by Crippen LogP contribution is -2.50. The Labute approximate surface area is 93.0 Å². The normalized spacial score (nSPS) is 39.1. The smallest absolute Gasteiger partial charge is 0.159 e. The summed E-state index contributed by atoms with van der Waals surface area (Å²) in [6.07, 6.45) is -0.263. The molecule has 7 N–H and O–H groups in total. The first-order valence-electron chi connectivity index (χ1n) is 4.83. The summed E-state index contributed by atoms with van der Waals surface area (Å²) in [4.78, 5) is 0. The second-order valence-corrected chi connectivity index (χ2v) is 3.86. The van der Waals surface area contributed by atoms with Crippen LogP contribution in [0.3, 0.4) is 0 Å². The predicted molar refractivity (Wildman–Crippen MR) is 56.6 cm³/mol. The van der Waals surface area contributed by atoms with Crippen molar-refractivity contribution in [1.29, 1.82) is 5.41 Å². The minimum absolute atomic E-state index is 0.149. The Bertz CT molecular complexity index is 292. The van der Waals surface area contributed by atoms with Crippen molar-refractivity contribution in [2.45, 2.75) is 31.0 Å². The number of amidine groups is 1. The van der Waals surface area contributed by atoms with Crippen LogP contribution in [-0.2, 0) is 4.74 Å². The maximum atomic E-state index is 9.92. The van der Waals surface area contributed by atoms with Crippen LogP contribution in [0.1, 0.15) is 6.92 Å². The Morgan fingerprint density at radius 2 is 2.31 bits per heavy atom. The minimum atomic E-state index is -1.52. The van der Waals surface area contributed by atoms with Gasteiger partial charge in [-0.25, -0.2) is 0 Å². The summed E-state index contributed by atoms with van der Waals surface area (Å²) >= 11 is 0. The van der Waals surface area contributed by atoms with Gasteiger partial charge in [-0.2, -0.15) is 0 Å². The standard InChI is InChI=1S/C9H17N3O4/c1-9(15)7(14)5(4-13)16-8(9)12-3-2-6(10)11/h2-3,5,7-8,12-15H,4H2,1H3,(H3,10,11)/b3-2-/t5-,7?,8-,9+/m1/s1. The molecule has 0 bridgehead atoms. The van der Waals surface area contributed by atoms with Gasteiger partial charge < -0.3 is 31.1 Å². The first-order chi connectivity index (χ1) is 7.39. The van der Waals surface area contributed by atoms with E-state index < -0.39 is 24.0 Å². The van der Waals surface area contributed by atoms with Gasteiger partial charge in [-0.05, 0) is 13.0 Å². The van der Waals surface area contributed by atoms with Gasteiger partial charge in [0.15, 0.2) is 6.23 Å². The highest BCUT2D eigenvalue weighted by atomic mass is 16.6. The number of hydrogen-bond acceptors (Lipinski definition) is 6. The Morgan fingerprint density at radius 3 is 2.75 bits per heavy atom. The molecule has 0 spiro atoms. The second kappa shape index (κ2) is 4.79. The van der Waals surface area contributed by atoms with E-state index in [1.165, 1.54) is 19.2 Å². The third kappa shape index (κ3) is 2.50. The maximum absolute atomic E-state index is 9.92. The molecule has 1 heterocycles. The molecule has 0 radical (unpaired) electrons. The molecule has 1 aliphatic heterocycles. The molecule has 1 fully saturated rings. The maximum Gasteiger partial charge on any atom is 0.159 e. The van der Waals surface area contributed by atoms with Crippen molar-refractivity contribution in [3.63, 3.8) is 0 Å². The van der Waals surface area contributed by atoms with Crippen molar-refractivity contribution in [3.8, 4) is 0 Å². The van der Waals surface area contributed by atoms with Gasteiger partial charge in [-0.15, -0.1) is 0 Å². The third-order valence-corrected chi connectivity index (χ3v) is 2.48. The molecule has 7 nitrogen and oxygen atoms in total. The average molecular weight is 231 g/mol. The van der Waals surface area contributed by atoms with Crippen LogP contribution < -0.4 is 11.1 Å². The van der Waals surface area contributed by atoms with Crippen molar-refractivity contribution in [2.24, 2.45) is 5.73 Å². The summed E-state index contributed by atoms with van der Waals surface area (Å²) in [5.74, 6) is -0.149. The number of nitrogens with two attached hydrogens (primary N) is 1. The van der Waals surface area contributed by atoms with Crippen molar-refractivity contribution in [2.75, 3.05) is 6.61 Å². The first kappa shape index (κ1) is 12.9. The van der Waals surface area contributed by atoms with E-state index in [4.69, 9.17) is 21.0 Å². The summed E-state index contributed by atoms with van der Waals surface area (Å²) in [5.41, 5.74) is 3.57. The zero-order valence-electron chi connectivity index (χ0n) is 8.92. The molecule has 16 heavy (non-hydrogen) atoms. The summed E-state index contributed by atoms with van der Waals surface area (Å²) < 4.78 is 5.20. The van der Waals surface area contributed by atoms with E-state index in [2.05, 4.69) is 5.32 Å². The Morgan fingerprint density at radius 1 is 1.69 bits per heavy atom. The van der Waals surface area contributed by atoms with Crippen LogP contribution in [0.15, 0.2) is 12.3 Å². The summed E-state index contributed by atoms with van der Waals surface area (Å²) in [6, 6.07) is 0. The van der Waals surface area contributed by atoms with E-state index in [1.54, 1.807) is 0 Å². The van der Waals surface area contributed by atoms with Crippen LogP contribution in [0.2, 0.25) is 0 Å². The van der Waals surface area contributed by atoms with Gasteiger partial charge >= 0.3 is 0 Å². The van der Waals surface area contributed by atoms with Crippen LogP contribution in [0, 0.1) is 5.41 Å². The molecular formula is C9H17N3O4. The highest BCUT2D eigenvalue weighted by molar-refractivity contribution is 5.88. The van der Waals surface area contributed by atoms with Crippen LogP contribution in [-0.4, -0.2) is 51.8 Å². The highest BCUT2D eigenvalue weighted by Gasteiger charge is 2.51. The van der Waals surface area contributed by atoms with E-state index in [1.807, 2.05) is 0 Å². The highest BCUT2D eigenvalue weighted by Crippen LogP contribution is 2.29. The molecule has 4 atom stereocenters. The van der Waals surface area contributed by atoms with E-state index in [9.17, 15) is 10.2 Å². The molecule has 0 amide bonds. The molecule has 7 heteroatoms. The van der Waals surface area contributed by atoms with Crippen LogP contribution in [0.5, 0.6) is 0 Å². The fourth-order valence-corrected chi connectivity index (χ4v) is 1.49. The van der Waals surface area contributed by atoms with Crippen molar-refractivity contribution >= 4 is 5.84 Å². The van der Waals surface area contributed by atoms with Gasteiger partial charge in [0.25, 0.3) is 0 Å². The molecule has 0 aromatic carbocycles. The molecule has 0 aliphatic carbocycles. The van der Waals surface area contributed by atoms with E-state index in [-0.39, 0.29) is 12.4 Å². The Balaban J connectivity index is 2.64. The summed E-state index contributed by atoms with van der Waals surface area (Å²) in [5, 5.41) is 38.0. The van der Waals surface area contributed by atoms with Crippen molar-refractivity contribution in [3.05, 3.63) is 12.3 Å². The number of ether oxygens (including phenoxy) is 1. The lowest BCUT2D eigenvalue weighted by molar-refractivity contribution is -0.0702. The molecule has 1 aliphatic rings. The molecule has 0 saturated carbocycles. The van der Waals surface area contributed by atoms with Crippen molar-refractivity contribution in [1.82, 2.24) is 5.32 Å². The number of aliphatic hydroxyl groups is 3. The molecule has 1 unspecified atom stereocenters. The molecule has 0 aromatic heterocycles. The monoisotopic (exact) mass is 231 g/mol. The van der Waals surface area contributed by atoms with E-state index >= 15 is 0 Å². The third-order valence-electron chi connectivity index (χ3n) is 2.48. The topological polar surface area (TPSA) is 132 Å². The van der Waals surface area contributed by atoms with Crippen molar-refractivity contribution < 1.29 is 20.1 Å². The number of rotatable bonds is 4. The van der Waals surface area contributed by atoms with E-state index in [0.717, 1.165) is 0 Å². The predicted octanol–water partition coefficient (Wildman–Crippen LogP) is -2.15. The largest absolute Gasteiger partial charge is 0.394 e. The van der Waals surface area contributed by atoms with Gasteiger partial charge in [0.1, 0.15) is 23.6 Å². The molecular weight excluding hydrogens is 214 g/mol. The molecule has 92 valence electrons. The Kier molecular flexibility index (Phi) is 3.87. The van der Waals surface area contributed by atoms with Crippen LogP contribution in [0.4, 0.5) is 0 Å². The fourth-order valence-electron chi connectivity index (χ4n) is 1.49. The average Bonchev–Trinajstić information content (AvgIpc) is 2.41. The van der Waals surface area contributed by atoms with Gasteiger partial charge in [0, 0.05) is 6.20 Å².